The third kappa shape index (κ3) is 2.93. The number of aromatic hydroxyl groups is 1. The first-order valence-electron chi connectivity index (χ1n) is 5.71. The Kier molecular flexibility index (Phi) is 3.72. The van der Waals surface area contributed by atoms with Crippen molar-refractivity contribution in [3.63, 3.8) is 0 Å². The number of nitrogens with zero attached hydrogens (tertiary/aromatic N) is 1. The first kappa shape index (κ1) is 12.7. The van der Waals surface area contributed by atoms with Crippen LogP contribution in [0.2, 0.25) is 5.15 Å². The van der Waals surface area contributed by atoms with Crippen molar-refractivity contribution < 1.29 is 5.11 Å². The molecule has 0 aliphatic rings. The SMILES string of the molecule is Cc1cc(CNc2ccc(Cl)nc2)cc(C)c1O. The molecule has 2 aromatic rings. The fraction of sp³-hybridized carbons (Fsp3) is 0.214. The second-order valence-corrected chi connectivity index (χ2v) is 4.69. The number of rotatable bonds is 3. The molecule has 0 aliphatic carbocycles. The molecule has 1 aromatic heterocycles. The summed E-state index contributed by atoms with van der Waals surface area (Å²) in [6.45, 7) is 4.48. The number of pyridine rings is 1. The Morgan fingerprint density at radius 1 is 1.22 bits per heavy atom. The minimum atomic E-state index is 0.368. The summed E-state index contributed by atoms with van der Waals surface area (Å²) in [5, 5.41) is 13.4. The number of aromatic nitrogens is 1. The van der Waals surface area contributed by atoms with E-state index in [4.69, 9.17) is 11.6 Å². The van der Waals surface area contributed by atoms with E-state index in [2.05, 4.69) is 10.3 Å². The highest BCUT2D eigenvalue weighted by Gasteiger charge is 2.03. The van der Waals surface area contributed by atoms with Gasteiger partial charge in [-0.15, -0.1) is 0 Å². The lowest BCUT2D eigenvalue weighted by molar-refractivity contribution is 0.466. The normalized spacial score (nSPS) is 10.4. The summed E-state index contributed by atoms with van der Waals surface area (Å²) in [5.74, 6) is 0.368. The number of phenolic OH excluding ortho intramolecular Hbond substituents is 1. The zero-order valence-electron chi connectivity index (χ0n) is 10.4. The van der Waals surface area contributed by atoms with Crippen LogP contribution in [0, 0.1) is 13.8 Å². The molecule has 0 aliphatic heterocycles. The summed E-state index contributed by atoms with van der Waals surface area (Å²) in [5.41, 5.74) is 3.82. The Balaban J connectivity index is 2.08. The molecule has 3 nitrogen and oxygen atoms in total. The molecule has 1 aromatic carbocycles. The van der Waals surface area contributed by atoms with E-state index in [9.17, 15) is 5.11 Å². The lowest BCUT2D eigenvalue weighted by Gasteiger charge is -2.10. The summed E-state index contributed by atoms with van der Waals surface area (Å²) in [6, 6.07) is 7.57. The van der Waals surface area contributed by atoms with Crippen LogP contribution in [0.4, 0.5) is 5.69 Å². The van der Waals surface area contributed by atoms with E-state index in [0.717, 1.165) is 22.4 Å². The Morgan fingerprint density at radius 3 is 2.44 bits per heavy atom. The summed E-state index contributed by atoms with van der Waals surface area (Å²) >= 11 is 5.72. The van der Waals surface area contributed by atoms with Crippen molar-refractivity contribution in [3.8, 4) is 5.75 Å². The number of benzene rings is 1. The Hall–Kier alpha value is -1.74. The van der Waals surface area contributed by atoms with E-state index in [-0.39, 0.29) is 0 Å². The van der Waals surface area contributed by atoms with Crippen LogP contribution in [0.15, 0.2) is 30.5 Å². The third-order valence-electron chi connectivity index (χ3n) is 2.77. The molecule has 4 heteroatoms. The number of nitrogens with one attached hydrogen (secondary N) is 1. The number of hydrogen-bond donors (Lipinski definition) is 2. The predicted molar refractivity (Wildman–Crippen MR) is 74.2 cm³/mol. The first-order valence-corrected chi connectivity index (χ1v) is 6.08. The van der Waals surface area contributed by atoms with Gasteiger partial charge in [-0.1, -0.05) is 23.7 Å². The smallest absolute Gasteiger partial charge is 0.129 e. The number of halogens is 1. The highest BCUT2D eigenvalue weighted by molar-refractivity contribution is 6.29. The van der Waals surface area contributed by atoms with Gasteiger partial charge in [0.1, 0.15) is 10.9 Å². The molecule has 0 saturated heterocycles. The van der Waals surface area contributed by atoms with Crippen LogP contribution in [0.25, 0.3) is 0 Å². The molecule has 2 rings (SSSR count). The van der Waals surface area contributed by atoms with Crippen LogP contribution in [-0.2, 0) is 6.54 Å². The maximum Gasteiger partial charge on any atom is 0.129 e. The van der Waals surface area contributed by atoms with Gasteiger partial charge < -0.3 is 10.4 Å². The quantitative estimate of drug-likeness (QED) is 0.830. The Labute approximate surface area is 111 Å². The van der Waals surface area contributed by atoms with Crippen molar-refractivity contribution in [2.45, 2.75) is 20.4 Å². The number of phenols is 1. The van der Waals surface area contributed by atoms with E-state index < -0.39 is 0 Å². The Morgan fingerprint density at radius 2 is 1.89 bits per heavy atom. The summed E-state index contributed by atoms with van der Waals surface area (Å²) in [7, 11) is 0. The maximum atomic E-state index is 9.70. The highest BCUT2D eigenvalue weighted by Crippen LogP contribution is 2.23. The Bertz CT molecular complexity index is 529. The fourth-order valence-corrected chi connectivity index (χ4v) is 1.94. The highest BCUT2D eigenvalue weighted by atomic mass is 35.5. The molecule has 0 amide bonds. The lowest BCUT2D eigenvalue weighted by atomic mass is 10.1. The van der Waals surface area contributed by atoms with Gasteiger partial charge in [0.15, 0.2) is 0 Å². The number of anilines is 1. The predicted octanol–water partition coefficient (Wildman–Crippen LogP) is 3.67. The molecule has 0 saturated carbocycles. The molecule has 18 heavy (non-hydrogen) atoms. The van der Waals surface area contributed by atoms with Gasteiger partial charge in [-0.2, -0.15) is 0 Å². The monoisotopic (exact) mass is 262 g/mol. The van der Waals surface area contributed by atoms with Gasteiger partial charge in [-0.05, 0) is 42.7 Å². The molecule has 0 fully saturated rings. The first-order chi connectivity index (χ1) is 8.56. The van der Waals surface area contributed by atoms with Crippen molar-refractivity contribution in [1.82, 2.24) is 4.98 Å². The van der Waals surface area contributed by atoms with Crippen molar-refractivity contribution in [3.05, 3.63) is 52.3 Å². The van der Waals surface area contributed by atoms with Gasteiger partial charge in [0, 0.05) is 6.54 Å². The summed E-state index contributed by atoms with van der Waals surface area (Å²) in [4.78, 5) is 4.00. The van der Waals surface area contributed by atoms with Crippen LogP contribution >= 0.6 is 11.6 Å². The summed E-state index contributed by atoms with van der Waals surface area (Å²) < 4.78 is 0. The molecule has 94 valence electrons. The van der Waals surface area contributed by atoms with Gasteiger partial charge in [0.25, 0.3) is 0 Å². The molecule has 0 unspecified atom stereocenters. The fourth-order valence-electron chi connectivity index (χ4n) is 1.83. The zero-order valence-corrected chi connectivity index (χ0v) is 11.1. The third-order valence-corrected chi connectivity index (χ3v) is 3.00. The maximum absolute atomic E-state index is 9.70. The molecule has 0 bridgehead atoms. The molecule has 0 atom stereocenters. The van der Waals surface area contributed by atoms with Crippen molar-refractivity contribution in [1.29, 1.82) is 0 Å². The van der Waals surface area contributed by atoms with Crippen LogP contribution in [-0.4, -0.2) is 10.1 Å². The van der Waals surface area contributed by atoms with Crippen molar-refractivity contribution in [2.24, 2.45) is 0 Å². The largest absolute Gasteiger partial charge is 0.507 e. The minimum Gasteiger partial charge on any atom is -0.507 e. The van der Waals surface area contributed by atoms with Gasteiger partial charge >= 0.3 is 0 Å². The van der Waals surface area contributed by atoms with E-state index in [1.54, 1.807) is 12.3 Å². The summed E-state index contributed by atoms with van der Waals surface area (Å²) in [6.07, 6.45) is 1.70. The van der Waals surface area contributed by atoms with Gasteiger partial charge in [0.05, 0.1) is 11.9 Å². The van der Waals surface area contributed by atoms with Gasteiger partial charge in [-0.3, -0.25) is 0 Å². The molecule has 1 heterocycles. The van der Waals surface area contributed by atoms with E-state index in [1.807, 2.05) is 32.0 Å². The average molecular weight is 263 g/mol. The molecule has 0 spiro atoms. The van der Waals surface area contributed by atoms with Gasteiger partial charge in [0.2, 0.25) is 0 Å². The molecule has 2 N–H and O–H groups in total. The van der Waals surface area contributed by atoms with E-state index in [1.165, 1.54) is 0 Å². The topological polar surface area (TPSA) is 45.2 Å². The van der Waals surface area contributed by atoms with Crippen LogP contribution in [0.3, 0.4) is 0 Å². The number of hydrogen-bond acceptors (Lipinski definition) is 3. The van der Waals surface area contributed by atoms with Gasteiger partial charge in [-0.25, -0.2) is 4.98 Å². The molecular weight excluding hydrogens is 248 g/mol. The van der Waals surface area contributed by atoms with E-state index >= 15 is 0 Å². The van der Waals surface area contributed by atoms with Crippen LogP contribution < -0.4 is 5.32 Å². The van der Waals surface area contributed by atoms with E-state index in [0.29, 0.717) is 17.4 Å². The standard InChI is InChI=1S/C14H15ClN2O/c1-9-5-11(6-10(2)14(9)18)7-16-12-3-4-13(15)17-8-12/h3-6,8,16,18H,7H2,1-2H3. The number of aryl methyl sites for hydroxylation is 2. The van der Waals surface area contributed by atoms with Crippen LogP contribution in [0.5, 0.6) is 5.75 Å². The second-order valence-electron chi connectivity index (χ2n) is 4.30. The lowest BCUT2D eigenvalue weighted by Crippen LogP contribution is -2.00. The van der Waals surface area contributed by atoms with Crippen molar-refractivity contribution in [2.75, 3.05) is 5.32 Å². The van der Waals surface area contributed by atoms with Crippen LogP contribution in [0.1, 0.15) is 16.7 Å². The molecular formula is C14H15ClN2O. The zero-order chi connectivity index (χ0) is 13.1. The average Bonchev–Trinajstić information content (AvgIpc) is 2.35. The second kappa shape index (κ2) is 5.27. The minimum absolute atomic E-state index is 0.368. The van der Waals surface area contributed by atoms with Crippen molar-refractivity contribution >= 4 is 17.3 Å². The molecule has 0 radical (unpaired) electrons.